The molecule has 2 aromatic rings. The molecule has 0 spiro atoms. The Bertz CT molecular complexity index is 898. The summed E-state index contributed by atoms with van der Waals surface area (Å²) in [6.45, 7) is 1.49. The number of hydrogen-bond donors (Lipinski definition) is 2. The van der Waals surface area contributed by atoms with E-state index < -0.39 is 23.8 Å². The minimum Gasteiger partial charge on any atom is -0.396 e. The van der Waals surface area contributed by atoms with E-state index in [9.17, 15) is 27.9 Å². The average Bonchev–Trinajstić information content (AvgIpc) is 3.09. The summed E-state index contributed by atoms with van der Waals surface area (Å²) in [5, 5.41) is 16.0. The zero-order valence-corrected chi connectivity index (χ0v) is 16.4. The van der Waals surface area contributed by atoms with Crippen molar-refractivity contribution in [3.63, 3.8) is 0 Å². The van der Waals surface area contributed by atoms with Crippen molar-refractivity contribution in [2.75, 3.05) is 19.7 Å². The summed E-state index contributed by atoms with van der Waals surface area (Å²) in [5.41, 5.74) is -0.348. The zero-order valence-electron chi connectivity index (χ0n) is 16.4. The van der Waals surface area contributed by atoms with Crippen LogP contribution in [0.1, 0.15) is 28.2 Å². The van der Waals surface area contributed by atoms with Crippen LogP contribution in [0.2, 0.25) is 0 Å². The fourth-order valence-electron chi connectivity index (χ4n) is 3.49. The predicted octanol–water partition coefficient (Wildman–Crippen LogP) is 1.85. The van der Waals surface area contributed by atoms with E-state index >= 15 is 0 Å². The van der Waals surface area contributed by atoms with Crippen LogP contribution in [0.25, 0.3) is 0 Å². The van der Waals surface area contributed by atoms with E-state index in [0.29, 0.717) is 18.5 Å². The number of rotatable bonds is 5. The normalized spacial score (nSPS) is 19.6. The van der Waals surface area contributed by atoms with Crippen LogP contribution in [0.15, 0.2) is 36.4 Å². The number of alkyl halides is 3. The topological polar surface area (TPSA) is 87.5 Å². The number of aliphatic hydroxyl groups excluding tert-OH is 1. The lowest BCUT2D eigenvalue weighted by Crippen LogP contribution is -2.55. The zero-order chi connectivity index (χ0) is 21.9. The van der Waals surface area contributed by atoms with Crippen LogP contribution in [0.5, 0.6) is 0 Å². The molecule has 7 nitrogen and oxygen atoms in total. The van der Waals surface area contributed by atoms with Gasteiger partial charge in [0.2, 0.25) is 5.91 Å². The molecule has 0 saturated carbocycles. The Morgan fingerprint density at radius 1 is 1.27 bits per heavy atom. The number of aryl methyl sites for hydroxylation is 1. The first kappa shape index (κ1) is 21.8. The SMILES string of the molecule is Cc1cc(C(F)(F)F)nn1CC(=O)N1CC[C@H](CO)[C@H](NC(=O)c2ccccc2)C1. The van der Waals surface area contributed by atoms with Gasteiger partial charge >= 0.3 is 6.18 Å². The van der Waals surface area contributed by atoms with Crippen LogP contribution in [-0.2, 0) is 17.5 Å². The van der Waals surface area contributed by atoms with Gasteiger partial charge in [-0.25, -0.2) is 0 Å². The highest BCUT2D eigenvalue weighted by Gasteiger charge is 2.35. The van der Waals surface area contributed by atoms with E-state index in [4.69, 9.17) is 0 Å². The van der Waals surface area contributed by atoms with Gasteiger partial charge in [-0.05, 0) is 31.5 Å². The van der Waals surface area contributed by atoms with Gasteiger partial charge in [-0.3, -0.25) is 14.3 Å². The number of carbonyl (C=O) groups is 2. The third kappa shape index (κ3) is 4.99. The molecule has 1 aliphatic heterocycles. The summed E-state index contributed by atoms with van der Waals surface area (Å²) in [7, 11) is 0. The standard InChI is InChI=1S/C20H23F3N4O3/c1-13-9-17(20(21,22)23)25-27(13)11-18(29)26-8-7-15(12-28)16(10-26)24-19(30)14-5-3-2-4-6-14/h2-6,9,15-16,28H,7-8,10-12H2,1H3,(H,24,30)/t15-,16-/m1/s1. The predicted molar refractivity (Wildman–Crippen MR) is 101 cm³/mol. The number of piperidine rings is 1. The lowest BCUT2D eigenvalue weighted by molar-refractivity contribution is -0.142. The second-order valence-electron chi connectivity index (χ2n) is 7.34. The number of nitrogens with one attached hydrogen (secondary N) is 1. The van der Waals surface area contributed by atoms with Gasteiger partial charge in [0.25, 0.3) is 5.91 Å². The van der Waals surface area contributed by atoms with Crippen LogP contribution in [0, 0.1) is 12.8 Å². The smallest absolute Gasteiger partial charge is 0.396 e. The van der Waals surface area contributed by atoms with Gasteiger partial charge in [-0.15, -0.1) is 0 Å². The average molecular weight is 424 g/mol. The first-order valence-electron chi connectivity index (χ1n) is 9.55. The number of nitrogens with zero attached hydrogens (tertiary/aromatic N) is 3. The third-order valence-corrected chi connectivity index (χ3v) is 5.25. The van der Waals surface area contributed by atoms with Gasteiger partial charge in [0, 0.05) is 36.9 Å². The highest BCUT2D eigenvalue weighted by molar-refractivity contribution is 5.94. The largest absolute Gasteiger partial charge is 0.435 e. The van der Waals surface area contributed by atoms with Crippen molar-refractivity contribution in [1.82, 2.24) is 20.0 Å². The van der Waals surface area contributed by atoms with Gasteiger partial charge < -0.3 is 15.3 Å². The minimum atomic E-state index is -4.58. The highest BCUT2D eigenvalue weighted by atomic mass is 19.4. The molecule has 162 valence electrons. The molecule has 0 aliphatic carbocycles. The number of aliphatic hydroxyl groups is 1. The number of likely N-dealkylation sites (tertiary alicyclic amines) is 1. The van der Waals surface area contributed by atoms with Crippen molar-refractivity contribution in [2.45, 2.75) is 32.1 Å². The summed E-state index contributed by atoms with van der Waals surface area (Å²) in [6, 6.07) is 9.00. The van der Waals surface area contributed by atoms with Crippen molar-refractivity contribution in [1.29, 1.82) is 0 Å². The molecule has 2 heterocycles. The summed E-state index contributed by atoms with van der Waals surface area (Å²) in [5.74, 6) is -0.929. The first-order valence-corrected chi connectivity index (χ1v) is 9.55. The molecule has 10 heteroatoms. The molecule has 30 heavy (non-hydrogen) atoms. The number of amides is 2. The molecule has 2 N–H and O–H groups in total. The van der Waals surface area contributed by atoms with E-state index in [1.807, 2.05) is 0 Å². The van der Waals surface area contributed by atoms with Crippen LogP contribution < -0.4 is 5.32 Å². The first-order chi connectivity index (χ1) is 14.2. The Morgan fingerprint density at radius 3 is 2.57 bits per heavy atom. The van der Waals surface area contributed by atoms with Crippen molar-refractivity contribution in [3.8, 4) is 0 Å². The van der Waals surface area contributed by atoms with E-state index in [2.05, 4.69) is 10.4 Å². The molecular formula is C20H23F3N4O3. The van der Waals surface area contributed by atoms with Crippen molar-refractivity contribution in [3.05, 3.63) is 53.3 Å². The van der Waals surface area contributed by atoms with Crippen LogP contribution >= 0.6 is 0 Å². The highest BCUT2D eigenvalue weighted by Crippen LogP contribution is 2.28. The van der Waals surface area contributed by atoms with Gasteiger partial charge in [0.15, 0.2) is 5.69 Å². The second kappa shape index (κ2) is 8.86. The third-order valence-electron chi connectivity index (χ3n) is 5.25. The van der Waals surface area contributed by atoms with Crippen molar-refractivity contribution in [2.24, 2.45) is 5.92 Å². The molecule has 0 bridgehead atoms. The summed E-state index contributed by atoms with van der Waals surface area (Å²) in [4.78, 5) is 26.6. The number of halogens is 3. The fourth-order valence-corrected chi connectivity index (χ4v) is 3.49. The molecule has 2 atom stereocenters. The molecule has 1 saturated heterocycles. The number of carbonyl (C=O) groups excluding carboxylic acids is 2. The van der Waals surface area contributed by atoms with Crippen molar-refractivity contribution < 1.29 is 27.9 Å². The number of hydrogen-bond acceptors (Lipinski definition) is 4. The molecule has 0 unspecified atom stereocenters. The monoisotopic (exact) mass is 424 g/mol. The lowest BCUT2D eigenvalue weighted by Gasteiger charge is -2.38. The fraction of sp³-hybridized carbons (Fsp3) is 0.450. The molecule has 2 amide bonds. The number of benzene rings is 1. The molecule has 0 radical (unpaired) electrons. The summed E-state index contributed by atoms with van der Waals surface area (Å²) < 4.78 is 39.5. The van der Waals surface area contributed by atoms with E-state index in [0.717, 1.165) is 10.7 Å². The van der Waals surface area contributed by atoms with Crippen molar-refractivity contribution >= 4 is 11.8 Å². The second-order valence-corrected chi connectivity index (χ2v) is 7.34. The van der Waals surface area contributed by atoms with Crippen LogP contribution in [0.4, 0.5) is 13.2 Å². The number of aromatic nitrogens is 2. The van der Waals surface area contributed by atoms with Gasteiger partial charge in [0.05, 0.1) is 6.04 Å². The minimum absolute atomic E-state index is 0.144. The Labute approximate surface area is 171 Å². The van der Waals surface area contributed by atoms with E-state index in [1.54, 1.807) is 30.3 Å². The molecule has 1 aliphatic rings. The Balaban J connectivity index is 1.67. The maximum atomic E-state index is 12.8. The maximum absolute atomic E-state index is 12.8. The quantitative estimate of drug-likeness (QED) is 0.767. The molecule has 1 aromatic heterocycles. The van der Waals surface area contributed by atoms with Gasteiger partial charge in [-0.2, -0.15) is 18.3 Å². The Kier molecular flexibility index (Phi) is 6.45. The lowest BCUT2D eigenvalue weighted by atomic mass is 9.92. The molecular weight excluding hydrogens is 401 g/mol. The Hall–Kier alpha value is -2.88. The van der Waals surface area contributed by atoms with Gasteiger partial charge in [0.1, 0.15) is 6.54 Å². The summed E-state index contributed by atoms with van der Waals surface area (Å²) in [6.07, 6.45) is -4.11. The maximum Gasteiger partial charge on any atom is 0.435 e. The Morgan fingerprint density at radius 2 is 1.97 bits per heavy atom. The molecule has 3 rings (SSSR count). The molecule has 1 aromatic carbocycles. The van der Waals surface area contributed by atoms with Gasteiger partial charge in [-0.1, -0.05) is 18.2 Å². The van der Waals surface area contributed by atoms with Crippen LogP contribution in [-0.4, -0.2) is 57.3 Å². The van der Waals surface area contributed by atoms with E-state index in [-0.39, 0.29) is 37.2 Å². The van der Waals surface area contributed by atoms with Crippen LogP contribution in [0.3, 0.4) is 0 Å². The summed E-state index contributed by atoms with van der Waals surface area (Å²) >= 11 is 0. The molecule has 1 fully saturated rings. The van der Waals surface area contributed by atoms with E-state index in [1.165, 1.54) is 11.8 Å².